The number of nitrogens with one attached hydrogen (secondary N) is 1. The van der Waals surface area contributed by atoms with Crippen molar-refractivity contribution < 1.29 is 18.3 Å². The summed E-state index contributed by atoms with van der Waals surface area (Å²) in [5.74, 6) is -1.97. The molecule has 94 valence electrons. The van der Waals surface area contributed by atoms with E-state index in [2.05, 4.69) is 5.32 Å². The van der Waals surface area contributed by atoms with Crippen LogP contribution in [0.5, 0.6) is 11.5 Å². The third-order valence-electron chi connectivity index (χ3n) is 2.68. The van der Waals surface area contributed by atoms with Crippen molar-refractivity contribution >= 4 is 0 Å². The van der Waals surface area contributed by atoms with Gasteiger partial charge in [0.2, 0.25) is 0 Å². The van der Waals surface area contributed by atoms with Gasteiger partial charge in [-0.15, -0.1) is 0 Å². The van der Waals surface area contributed by atoms with E-state index in [1.165, 1.54) is 13.1 Å². The van der Waals surface area contributed by atoms with Crippen LogP contribution in [-0.4, -0.2) is 26.8 Å². The van der Waals surface area contributed by atoms with Gasteiger partial charge in [0.15, 0.2) is 11.5 Å². The van der Waals surface area contributed by atoms with E-state index in [9.17, 15) is 8.78 Å². The summed E-state index contributed by atoms with van der Waals surface area (Å²) in [7, 11) is 1.50. The predicted octanol–water partition coefficient (Wildman–Crippen LogP) is 2.08. The second kappa shape index (κ2) is 4.49. The number of halogens is 2. The first-order valence-electron chi connectivity index (χ1n) is 5.48. The number of fused-ring (bicyclic) bond motifs is 1. The van der Waals surface area contributed by atoms with Crippen LogP contribution in [0, 0.1) is 6.92 Å². The molecule has 0 fully saturated rings. The van der Waals surface area contributed by atoms with Gasteiger partial charge in [-0.1, -0.05) is 0 Å². The number of hydrogen-bond acceptors (Lipinski definition) is 3. The maximum Gasteiger partial charge on any atom is 0.285 e. The first kappa shape index (κ1) is 12.1. The molecule has 0 unspecified atom stereocenters. The summed E-state index contributed by atoms with van der Waals surface area (Å²) in [5.41, 5.74) is 0.491. The molecule has 0 aromatic heterocycles. The lowest BCUT2D eigenvalue weighted by Gasteiger charge is -2.23. The van der Waals surface area contributed by atoms with E-state index >= 15 is 0 Å². The van der Waals surface area contributed by atoms with E-state index in [1.54, 1.807) is 13.0 Å². The first-order chi connectivity index (χ1) is 8.04. The highest BCUT2D eigenvalue weighted by Gasteiger charge is 2.33. The highest BCUT2D eigenvalue weighted by molar-refractivity contribution is 5.49. The Labute approximate surface area is 98.7 Å². The van der Waals surface area contributed by atoms with Crippen LogP contribution < -0.4 is 14.8 Å². The van der Waals surface area contributed by atoms with Crippen LogP contribution in [0.25, 0.3) is 0 Å². The number of alkyl halides is 2. The van der Waals surface area contributed by atoms with Crippen molar-refractivity contribution in [3.63, 3.8) is 0 Å². The van der Waals surface area contributed by atoms with E-state index in [0.717, 1.165) is 0 Å². The molecule has 0 atom stereocenters. The van der Waals surface area contributed by atoms with Gasteiger partial charge in [0.05, 0.1) is 6.54 Å². The number of ether oxygens (including phenoxy) is 2. The van der Waals surface area contributed by atoms with Crippen molar-refractivity contribution in [1.29, 1.82) is 0 Å². The molecule has 1 aromatic rings. The molecule has 0 bridgehead atoms. The lowest BCUT2D eigenvalue weighted by atomic mass is 10.0. The van der Waals surface area contributed by atoms with Gasteiger partial charge in [-0.2, -0.15) is 8.78 Å². The molecule has 0 saturated carbocycles. The van der Waals surface area contributed by atoms with E-state index < -0.39 is 12.5 Å². The van der Waals surface area contributed by atoms with Crippen LogP contribution in [0.4, 0.5) is 8.78 Å². The number of aryl methyl sites for hydroxylation is 1. The predicted molar refractivity (Wildman–Crippen MR) is 60.0 cm³/mol. The molecule has 1 aliphatic heterocycles. The summed E-state index contributed by atoms with van der Waals surface area (Å²) < 4.78 is 38.3. The fraction of sp³-hybridized carbons (Fsp3) is 0.500. The zero-order chi connectivity index (χ0) is 12.5. The van der Waals surface area contributed by atoms with Gasteiger partial charge < -0.3 is 14.8 Å². The van der Waals surface area contributed by atoms with Crippen LogP contribution >= 0.6 is 0 Å². The van der Waals surface area contributed by atoms with Gasteiger partial charge in [-0.25, -0.2) is 0 Å². The summed E-state index contributed by atoms with van der Waals surface area (Å²) in [5, 5.41) is 2.49. The van der Waals surface area contributed by atoms with Gasteiger partial charge in [0.1, 0.15) is 13.2 Å². The summed E-state index contributed by atoms with van der Waals surface area (Å²) in [6, 6.07) is 2.98. The maximum absolute atomic E-state index is 13.8. The van der Waals surface area contributed by atoms with Gasteiger partial charge in [-0.3, -0.25) is 0 Å². The third kappa shape index (κ3) is 2.34. The molecular formula is C12H15F2NO2. The van der Waals surface area contributed by atoms with E-state index in [-0.39, 0.29) is 5.56 Å². The van der Waals surface area contributed by atoms with E-state index in [4.69, 9.17) is 9.47 Å². The Morgan fingerprint density at radius 2 is 1.82 bits per heavy atom. The fourth-order valence-electron chi connectivity index (χ4n) is 1.90. The first-order valence-corrected chi connectivity index (χ1v) is 5.48. The zero-order valence-corrected chi connectivity index (χ0v) is 9.85. The number of rotatable bonds is 3. The second-order valence-electron chi connectivity index (χ2n) is 4.05. The monoisotopic (exact) mass is 243 g/mol. The SMILES string of the molecule is CNCC(F)(F)c1cc2c(cc1C)OCCO2. The minimum Gasteiger partial charge on any atom is -0.486 e. The smallest absolute Gasteiger partial charge is 0.285 e. The largest absolute Gasteiger partial charge is 0.486 e. The van der Waals surface area contributed by atoms with Gasteiger partial charge in [0.25, 0.3) is 5.92 Å². The summed E-state index contributed by atoms with van der Waals surface area (Å²) in [6.07, 6.45) is 0. The number of hydrogen-bond donors (Lipinski definition) is 1. The Kier molecular flexibility index (Phi) is 3.19. The maximum atomic E-state index is 13.8. The molecule has 3 nitrogen and oxygen atoms in total. The standard InChI is InChI=1S/C12H15F2NO2/c1-8-5-10-11(17-4-3-16-10)6-9(8)12(13,14)7-15-2/h5-6,15H,3-4,7H2,1-2H3. The molecule has 17 heavy (non-hydrogen) atoms. The molecule has 0 aliphatic carbocycles. The minimum atomic E-state index is -2.91. The van der Waals surface area contributed by atoms with Crippen molar-refractivity contribution in [3.05, 3.63) is 23.3 Å². The Balaban J connectivity index is 2.41. The van der Waals surface area contributed by atoms with Crippen molar-refractivity contribution in [2.45, 2.75) is 12.8 Å². The summed E-state index contributed by atoms with van der Waals surface area (Å²) >= 11 is 0. The molecule has 0 saturated heterocycles. The molecule has 2 rings (SSSR count). The van der Waals surface area contributed by atoms with Crippen LogP contribution in [0.3, 0.4) is 0 Å². The summed E-state index contributed by atoms with van der Waals surface area (Å²) in [4.78, 5) is 0. The Hall–Kier alpha value is -1.36. The molecule has 1 aromatic carbocycles. The molecule has 1 heterocycles. The zero-order valence-electron chi connectivity index (χ0n) is 9.85. The average molecular weight is 243 g/mol. The highest BCUT2D eigenvalue weighted by atomic mass is 19.3. The average Bonchev–Trinajstić information content (AvgIpc) is 2.27. The molecule has 0 radical (unpaired) electrons. The van der Waals surface area contributed by atoms with Crippen molar-refractivity contribution in [1.82, 2.24) is 5.32 Å². The third-order valence-corrected chi connectivity index (χ3v) is 2.68. The van der Waals surface area contributed by atoms with Crippen molar-refractivity contribution in [2.24, 2.45) is 0 Å². The lowest BCUT2D eigenvalue weighted by Crippen LogP contribution is -2.29. The molecule has 0 spiro atoms. The normalized spacial score (nSPS) is 14.8. The van der Waals surface area contributed by atoms with Crippen LogP contribution in [0.15, 0.2) is 12.1 Å². The molecule has 1 aliphatic rings. The number of likely N-dealkylation sites (N-methyl/N-ethyl adjacent to an activating group) is 1. The minimum absolute atomic E-state index is 0.0175. The van der Waals surface area contributed by atoms with Crippen molar-refractivity contribution in [3.8, 4) is 11.5 Å². The van der Waals surface area contributed by atoms with E-state index in [1.807, 2.05) is 0 Å². The molecule has 0 amide bonds. The molecule has 1 N–H and O–H groups in total. The Morgan fingerprint density at radius 3 is 2.41 bits per heavy atom. The fourth-order valence-corrected chi connectivity index (χ4v) is 1.90. The lowest BCUT2D eigenvalue weighted by molar-refractivity contribution is -0.00233. The molecule has 5 heteroatoms. The summed E-state index contributed by atoms with van der Waals surface area (Å²) in [6.45, 7) is 2.11. The van der Waals surface area contributed by atoms with Crippen LogP contribution in [0.2, 0.25) is 0 Å². The van der Waals surface area contributed by atoms with E-state index in [0.29, 0.717) is 30.3 Å². The second-order valence-corrected chi connectivity index (χ2v) is 4.05. The van der Waals surface area contributed by atoms with Gasteiger partial charge >= 0.3 is 0 Å². The van der Waals surface area contributed by atoms with Crippen molar-refractivity contribution in [2.75, 3.05) is 26.8 Å². The number of benzene rings is 1. The van der Waals surface area contributed by atoms with Crippen LogP contribution in [0.1, 0.15) is 11.1 Å². The Bertz CT molecular complexity index is 421. The quantitative estimate of drug-likeness (QED) is 0.881. The van der Waals surface area contributed by atoms with Gasteiger partial charge in [0, 0.05) is 5.56 Å². The highest BCUT2D eigenvalue weighted by Crippen LogP contribution is 2.38. The topological polar surface area (TPSA) is 30.5 Å². The Morgan fingerprint density at radius 1 is 1.24 bits per heavy atom. The van der Waals surface area contributed by atoms with Crippen LogP contribution in [-0.2, 0) is 5.92 Å². The van der Waals surface area contributed by atoms with Gasteiger partial charge in [-0.05, 0) is 31.7 Å². The molecular weight excluding hydrogens is 228 g/mol.